The van der Waals surface area contributed by atoms with Gasteiger partial charge in [0.1, 0.15) is 5.41 Å². The Morgan fingerprint density at radius 1 is 1.37 bits per heavy atom. The number of carbonyl (C=O) groups excluding carboxylic acids is 1. The van der Waals surface area contributed by atoms with Crippen LogP contribution in [0.25, 0.3) is 0 Å². The Bertz CT molecular complexity index is 369. The second kappa shape index (κ2) is 6.03. The van der Waals surface area contributed by atoms with Crippen LogP contribution in [0.1, 0.15) is 44.9 Å². The van der Waals surface area contributed by atoms with Crippen molar-refractivity contribution in [2.45, 2.75) is 56.2 Å². The van der Waals surface area contributed by atoms with Crippen LogP contribution in [0.3, 0.4) is 0 Å². The summed E-state index contributed by atoms with van der Waals surface area (Å²) < 4.78 is 0. The van der Waals surface area contributed by atoms with Crippen LogP contribution in [0.5, 0.6) is 0 Å². The van der Waals surface area contributed by atoms with Crippen molar-refractivity contribution in [2.24, 2.45) is 16.3 Å². The molecule has 2 rings (SSSR count). The van der Waals surface area contributed by atoms with Crippen molar-refractivity contribution in [3.63, 3.8) is 0 Å². The van der Waals surface area contributed by atoms with E-state index in [1.54, 1.807) is 0 Å². The molecule has 2 aliphatic rings. The maximum Gasteiger partial charge on any atom is 0.234 e. The minimum Gasteiger partial charge on any atom is -0.409 e. The highest BCUT2D eigenvalue weighted by molar-refractivity contribution is 7.99. The Balaban J connectivity index is 2.03. The van der Waals surface area contributed by atoms with E-state index < -0.39 is 5.41 Å². The molecule has 2 fully saturated rings. The number of nitrogens with one attached hydrogen (secondary N) is 1. The van der Waals surface area contributed by atoms with E-state index in [4.69, 9.17) is 10.9 Å². The summed E-state index contributed by atoms with van der Waals surface area (Å²) in [5, 5.41) is 15.6. The molecule has 2 unspecified atom stereocenters. The predicted molar refractivity (Wildman–Crippen MR) is 77.4 cm³/mol. The molecule has 4 N–H and O–H groups in total. The first-order valence-corrected chi connectivity index (χ1v) is 8.24. The Labute approximate surface area is 118 Å². The van der Waals surface area contributed by atoms with Crippen molar-refractivity contribution in [3.8, 4) is 0 Å². The van der Waals surface area contributed by atoms with Crippen LogP contribution in [0.2, 0.25) is 0 Å². The molecule has 0 heterocycles. The first-order valence-electron chi connectivity index (χ1n) is 6.96. The monoisotopic (exact) mass is 285 g/mol. The SMILES string of the molecule is CSC1CCCCC1NC(=O)C1(C(N)=NO)CCC1. The number of oxime groups is 1. The van der Waals surface area contributed by atoms with Gasteiger partial charge in [0, 0.05) is 11.3 Å². The molecule has 0 bridgehead atoms. The van der Waals surface area contributed by atoms with Crippen LogP contribution >= 0.6 is 11.8 Å². The predicted octanol–water partition coefficient (Wildman–Crippen LogP) is 1.69. The molecule has 2 atom stereocenters. The smallest absolute Gasteiger partial charge is 0.234 e. The molecule has 108 valence electrons. The number of hydrogen-bond acceptors (Lipinski definition) is 4. The maximum absolute atomic E-state index is 12.5. The Morgan fingerprint density at radius 3 is 2.58 bits per heavy atom. The van der Waals surface area contributed by atoms with E-state index >= 15 is 0 Å². The Kier molecular flexibility index (Phi) is 4.60. The van der Waals surface area contributed by atoms with E-state index in [9.17, 15) is 4.79 Å². The highest BCUT2D eigenvalue weighted by Gasteiger charge is 2.49. The summed E-state index contributed by atoms with van der Waals surface area (Å²) in [5.41, 5.74) is 4.97. The highest BCUT2D eigenvalue weighted by Crippen LogP contribution is 2.42. The molecule has 0 saturated heterocycles. The van der Waals surface area contributed by atoms with Gasteiger partial charge in [0.2, 0.25) is 5.91 Å². The normalized spacial score (nSPS) is 30.5. The van der Waals surface area contributed by atoms with E-state index in [1.807, 2.05) is 11.8 Å². The van der Waals surface area contributed by atoms with Gasteiger partial charge in [-0.2, -0.15) is 11.8 Å². The van der Waals surface area contributed by atoms with Gasteiger partial charge >= 0.3 is 0 Å². The molecular formula is C13H23N3O2S. The zero-order valence-corrected chi connectivity index (χ0v) is 12.2. The van der Waals surface area contributed by atoms with Gasteiger partial charge in [0.25, 0.3) is 0 Å². The summed E-state index contributed by atoms with van der Waals surface area (Å²) in [6, 6.07) is 0.222. The first kappa shape index (κ1) is 14.5. The van der Waals surface area contributed by atoms with Crippen LogP contribution < -0.4 is 11.1 Å². The minimum atomic E-state index is -0.755. The summed E-state index contributed by atoms with van der Waals surface area (Å²) in [5.74, 6) is 0.00719. The lowest BCUT2D eigenvalue weighted by atomic mass is 9.67. The molecule has 1 amide bonds. The molecular weight excluding hydrogens is 262 g/mol. The van der Waals surface area contributed by atoms with E-state index in [0.29, 0.717) is 18.1 Å². The van der Waals surface area contributed by atoms with Gasteiger partial charge in [0.15, 0.2) is 5.84 Å². The number of nitrogens with two attached hydrogens (primary N) is 1. The van der Waals surface area contributed by atoms with Gasteiger partial charge < -0.3 is 16.3 Å². The number of rotatable bonds is 4. The molecule has 0 aromatic heterocycles. The van der Waals surface area contributed by atoms with Gasteiger partial charge in [-0.05, 0) is 31.9 Å². The maximum atomic E-state index is 12.5. The fourth-order valence-electron chi connectivity index (χ4n) is 3.08. The second-order valence-corrected chi connectivity index (χ2v) is 6.64. The number of carbonyl (C=O) groups is 1. The lowest BCUT2D eigenvalue weighted by Gasteiger charge is -2.41. The number of thioether (sulfide) groups is 1. The quantitative estimate of drug-likeness (QED) is 0.317. The zero-order chi connectivity index (χ0) is 13.9. The van der Waals surface area contributed by atoms with Gasteiger partial charge in [-0.3, -0.25) is 4.79 Å². The summed E-state index contributed by atoms with van der Waals surface area (Å²) in [4.78, 5) is 12.5. The first-order chi connectivity index (χ1) is 9.14. The third-order valence-corrected chi connectivity index (χ3v) is 5.73. The highest BCUT2D eigenvalue weighted by atomic mass is 32.2. The fourth-order valence-corrected chi connectivity index (χ4v) is 4.01. The lowest BCUT2D eigenvalue weighted by molar-refractivity contribution is -0.132. The summed E-state index contributed by atoms with van der Waals surface area (Å²) in [7, 11) is 0. The fraction of sp³-hybridized carbons (Fsp3) is 0.846. The van der Waals surface area contributed by atoms with Crippen LogP contribution in [-0.2, 0) is 4.79 Å². The lowest BCUT2D eigenvalue weighted by Crippen LogP contribution is -2.57. The standard InChI is InChI=1S/C13H23N3O2S/c1-19-10-6-3-2-5-9(10)15-12(17)13(7-4-8-13)11(14)16-18/h9-10,18H,2-8H2,1H3,(H2,14,16)(H,15,17). The van der Waals surface area contributed by atoms with Crippen molar-refractivity contribution in [1.82, 2.24) is 5.32 Å². The van der Waals surface area contributed by atoms with Crippen LogP contribution in [-0.4, -0.2) is 34.5 Å². The number of nitrogens with zero attached hydrogens (tertiary/aromatic N) is 1. The number of amides is 1. The van der Waals surface area contributed by atoms with E-state index in [0.717, 1.165) is 19.3 Å². The second-order valence-electron chi connectivity index (χ2n) is 5.56. The van der Waals surface area contributed by atoms with Crippen LogP contribution in [0, 0.1) is 5.41 Å². The molecule has 19 heavy (non-hydrogen) atoms. The molecule has 2 aliphatic carbocycles. The topological polar surface area (TPSA) is 87.7 Å². The third-order valence-electron chi connectivity index (χ3n) is 4.56. The third kappa shape index (κ3) is 2.68. The summed E-state index contributed by atoms with van der Waals surface area (Å²) in [6.45, 7) is 0. The van der Waals surface area contributed by atoms with E-state index in [2.05, 4.69) is 16.7 Å². The van der Waals surface area contributed by atoms with Crippen molar-refractivity contribution in [2.75, 3.05) is 6.26 Å². The average Bonchev–Trinajstić information content (AvgIpc) is 2.37. The van der Waals surface area contributed by atoms with Crippen LogP contribution in [0.15, 0.2) is 5.16 Å². The molecule has 0 spiro atoms. The van der Waals surface area contributed by atoms with Crippen molar-refractivity contribution in [3.05, 3.63) is 0 Å². The van der Waals surface area contributed by atoms with Crippen molar-refractivity contribution >= 4 is 23.5 Å². The van der Waals surface area contributed by atoms with Crippen molar-refractivity contribution < 1.29 is 10.0 Å². The van der Waals surface area contributed by atoms with E-state index in [1.165, 1.54) is 12.8 Å². The molecule has 0 aromatic carbocycles. The average molecular weight is 285 g/mol. The molecule has 0 aliphatic heterocycles. The minimum absolute atomic E-state index is 0.0556. The summed E-state index contributed by atoms with van der Waals surface area (Å²) >= 11 is 1.82. The van der Waals surface area contributed by atoms with Crippen molar-refractivity contribution in [1.29, 1.82) is 0 Å². The Hall–Kier alpha value is -0.910. The van der Waals surface area contributed by atoms with E-state index in [-0.39, 0.29) is 17.8 Å². The van der Waals surface area contributed by atoms with Gasteiger partial charge in [-0.15, -0.1) is 0 Å². The largest absolute Gasteiger partial charge is 0.409 e. The molecule has 0 aromatic rings. The molecule has 2 saturated carbocycles. The molecule has 0 radical (unpaired) electrons. The van der Waals surface area contributed by atoms with Crippen LogP contribution in [0.4, 0.5) is 0 Å². The van der Waals surface area contributed by atoms with Gasteiger partial charge in [-0.25, -0.2) is 0 Å². The molecule has 6 heteroatoms. The van der Waals surface area contributed by atoms with Gasteiger partial charge in [0.05, 0.1) is 0 Å². The Morgan fingerprint density at radius 2 is 2.05 bits per heavy atom. The zero-order valence-electron chi connectivity index (χ0n) is 11.4. The molecule has 5 nitrogen and oxygen atoms in total. The van der Waals surface area contributed by atoms with Gasteiger partial charge in [-0.1, -0.05) is 24.4 Å². The number of hydrogen-bond donors (Lipinski definition) is 3. The summed E-state index contributed by atoms with van der Waals surface area (Å²) in [6.07, 6.45) is 9.02. The number of amidine groups is 1.